The Balaban J connectivity index is 2.63. The number of hydrogen-bond acceptors (Lipinski definition) is 4. The second-order valence-corrected chi connectivity index (χ2v) is 4.60. The minimum Gasteiger partial charge on any atom is -0.480 e. The van der Waals surface area contributed by atoms with Crippen LogP contribution in [0.3, 0.4) is 0 Å². The van der Waals surface area contributed by atoms with E-state index in [-0.39, 0.29) is 12.8 Å². The number of nitrogens with one attached hydrogen (secondary N) is 1. The standard InChI is InChI=1S/C11H18N4O5/c12-8(16)4-3-6(10(18)19)14-11(20)15-5-1-2-7(15)9(13)17/h6-7H,1-5H2,(H2,12,16)(H2,13,17)(H,14,20)(H,18,19). The number of carbonyl (C=O) groups excluding carboxylic acids is 3. The number of carbonyl (C=O) groups is 4. The van der Waals surface area contributed by atoms with Crippen molar-refractivity contribution in [2.45, 2.75) is 37.8 Å². The summed E-state index contributed by atoms with van der Waals surface area (Å²) in [4.78, 5) is 46.0. The molecule has 0 saturated carbocycles. The molecule has 1 heterocycles. The number of hydrogen-bond donors (Lipinski definition) is 4. The highest BCUT2D eigenvalue weighted by Gasteiger charge is 2.34. The lowest BCUT2D eigenvalue weighted by molar-refractivity contribution is -0.139. The average molecular weight is 286 g/mol. The zero-order valence-corrected chi connectivity index (χ0v) is 10.9. The largest absolute Gasteiger partial charge is 0.480 e. The van der Waals surface area contributed by atoms with Gasteiger partial charge in [0.25, 0.3) is 0 Å². The number of carboxylic acids is 1. The SMILES string of the molecule is NC(=O)CCC(NC(=O)N1CCCC1C(N)=O)C(=O)O. The molecular formula is C11H18N4O5. The van der Waals surface area contributed by atoms with Gasteiger partial charge in [-0.1, -0.05) is 0 Å². The summed E-state index contributed by atoms with van der Waals surface area (Å²) < 4.78 is 0. The van der Waals surface area contributed by atoms with Crippen LogP contribution in [-0.2, 0) is 14.4 Å². The van der Waals surface area contributed by atoms with Crippen molar-refractivity contribution in [2.75, 3.05) is 6.54 Å². The third kappa shape index (κ3) is 4.11. The van der Waals surface area contributed by atoms with Crippen LogP contribution in [0.1, 0.15) is 25.7 Å². The predicted molar refractivity (Wildman–Crippen MR) is 67.3 cm³/mol. The zero-order chi connectivity index (χ0) is 15.3. The third-order valence-electron chi connectivity index (χ3n) is 3.12. The summed E-state index contributed by atoms with van der Waals surface area (Å²) >= 11 is 0. The number of nitrogens with zero attached hydrogens (tertiary/aromatic N) is 1. The Morgan fingerprint density at radius 2 is 1.95 bits per heavy atom. The number of amides is 4. The molecule has 0 bridgehead atoms. The molecular weight excluding hydrogens is 268 g/mol. The molecule has 4 amide bonds. The zero-order valence-electron chi connectivity index (χ0n) is 10.9. The van der Waals surface area contributed by atoms with Crippen LogP contribution < -0.4 is 16.8 Å². The van der Waals surface area contributed by atoms with Gasteiger partial charge in [0, 0.05) is 13.0 Å². The van der Waals surface area contributed by atoms with Crippen molar-refractivity contribution in [3.8, 4) is 0 Å². The average Bonchev–Trinajstić information content (AvgIpc) is 2.82. The summed E-state index contributed by atoms with van der Waals surface area (Å²) in [5, 5.41) is 11.2. The summed E-state index contributed by atoms with van der Waals surface area (Å²) in [5.74, 6) is -2.54. The Morgan fingerprint density at radius 1 is 1.30 bits per heavy atom. The molecule has 2 unspecified atom stereocenters. The van der Waals surface area contributed by atoms with Crippen molar-refractivity contribution in [3.63, 3.8) is 0 Å². The van der Waals surface area contributed by atoms with E-state index < -0.39 is 35.9 Å². The number of carboxylic acid groups (broad SMARTS) is 1. The molecule has 2 atom stereocenters. The molecule has 1 aliphatic rings. The number of rotatable bonds is 6. The van der Waals surface area contributed by atoms with Gasteiger partial charge in [-0.25, -0.2) is 9.59 Å². The maximum absolute atomic E-state index is 11.9. The van der Waals surface area contributed by atoms with Gasteiger partial charge in [0.1, 0.15) is 12.1 Å². The fraction of sp³-hybridized carbons (Fsp3) is 0.636. The lowest BCUT2D eigenvalue weighted by atomic mass is 10.1. The smallest absolute Gasteiger partial charge is 0.326 e. The molecule has 9 nitrogen and oxygen atoms in total. The van der Waals surface area contributed by atoms with E-state index in [1.54, 1.807) is 0 Å². The van der Waals surface area contributed by atoms with E-state index in [0.717, 1.165) is 0 Å². The van der Waals surface area contributed by atoms with Gasteiger partial charge in [-0.15, -0.1) is 0 Å². The van der Waals surface area contributed by atoms with E-state index in [9.17, 15) is 19.2 Å². The molecule has 0 aromatic carbocycles. The molecule has 0 aromatic rings. The van der Waals surface area contributed by atoms with E-state index >= 15 is 0 Å². The van der Waals surface area contributed by atoms with E-state index in [1.807, 2.05) is 0 Å². The highest BCUT2D eigenvalue weighted by molar-refractivity contribution is 5.88. The maximum atomic E-state index is 11.9. The summed E-state index contributed by atoms with van der Waals surface area (Å²) in [5.41, 5.74) is 10.1. The van der Waals surface area contributed by atoms with Crippen molar-refractivity contribution in [2.24, 2.45) is 11.5 Å². The van der Waals surface area contributed by atoms with Gasteiger partial charge < -0.3 is 26.8 Å². The van der Waals surface area contributed by atoms with Crippen LogP contribution >= 0.6 is 0 Å². The quantitative estimate of drug-likeness (QED) is 0.461. The number of aliphatic carboxylic acids is 1. The first-order chi connectivity index (χ1) is 9.32. The van der Waals surface area contributed by atoms with Crippen molar-refractivity contribution < 1.29 is 24.3 Å². The number of likely N-dealkylation sites (tertiary alicyclic amines) is 1. The fourth-order valence-electron chi connectivity index (χ4n) is 2.08. The Hall–Kier alpha value is -2.32. The van der Waals surface area contributed by atoms with Crippen LogP contribution in [0.5, 0.6) is 0 Å². The summed E-state index contributed by atoms with van der Waals surface area (Å²) in [6.07, 6.45) is 0.823. The first-order valence-electron chi connectivity index (χ1n) is 6.20. The van der Waals surface area contributed by atoms with Gasteiger partial charge in [0.05, 0.1) is 0 Å². The van der Waals surface area contributed by atoms with Crippen molar-refractivity contribution in [3.05, 3.63) is 0 Å². The molecule has 1 saturated heterocycles. The van der Waals surface area contributed by atoms with Crippen molar-refractivity contribution >= 4 is 23.8 Å². The van der Waals surface area contributed by atoms with Crippen LogP contribution in [0.25, 0.3) is 0 Å². The number of urea groups is 1. The van der Waals surface area contributed by atoms with Crippen LogP contribution in [0.4, 0.5) is 4.79 Å². The molecule has 1 aliphatic heterocycles. The summed E-state index contributed by atoms with van der Waals surface area (Å²) in [6.45, 7) is 0.335. The molecule has 1 fully saturated rings. The topological polar surface area (TPSA) is 156 Å². The first kappa shape index (κ1) is 15.7. The monoisotopic (exact) mass is 286 g/mol. The molecule has 0 spiro atoms. The predicted octanol–water partition coefficient (Wildman–Crippen LogP) is -1.64. The van der Waals surface area contributed by atoms with E-state index in [1.165, 1.54) is 4.90 Å². The number of nitrogens with two attached hydrogens (primary N) is 2. The molecule has 0 radical (unpaired) electrons. The second-order valence-electron chi connectivity index (χ2n) is 4.60. The van der Waals surface area contributed by atoms with Crippen molar-refractivity contribution in [1.29, 1.82) is 0 Å². The van der Waals surface area contributed by atoms with Gasteiger partial charge in [0.2, 0.25) is 11.8 Å². The highest BCUT2D eigenvalue weighted by Crippen LogP contribution is 2.17. The Morgan fingerprint density at radius 3 is 2.45 bits per heavy atom. The molecule has 9 heteroatoms. The van der Waals surface area contributed by atoms with Crippen LogP contribution in [0.2, 0.25) is 0 Å². The normalized spacial score (nSPS) is 19.4. The van der Waals surface area contributed by atoms with Crippen molar-refractivity contribution in [1.82, 2.24) is 10.2 Å². The van der Waals surface area contributed by atoms with Crippen LogP contribution in [0, 0.1) is 0 Å². The van der Waals surface area contributed by atoms with E-state index in [2.05, 4.69) is 5.32 Å². The molecule has 112 valence electrons. The fourth-order valence-corrected chi connectivity index (χ4v) is 2.08. The van der Waals surface area contributed by atoms with Gasteiger partial charge >= 0.3 is 12.0 Å². The summed E-state index contributed by atoms with van der Waals surface area (Å²) in [7, 11) is 0. The number of primary amides is 2. The van der Waals surface area contributed by atoms with E-state index in [0.29, 0.717) is 19.4 Å². The molecule has 0 aliphatic carbocycles. The van der Waals surface area contributed by atoms with Crippen LogP contribution in [0.15, 0.2) is 0 Å². The van der Waals surface area contributed by atoms with Gasteiger partial charge in [-0.2, -0.15) is 0 Å². The minimum absolute atomic E-state index is 0.106. The lowest BCUT2D eigenvalue weighted by Crippen LogP contribution is -2.52. The first-order valence-corrected chi connectivity index (χ1v) is 6.20. The third-order valence-corrected chi connectivity index (χ3v) is 3.12. The van der Waals surface area contributed by atoms with E-state index in [4.69, 9.17) is 16.6 Å². The Kier molecular flexibility index (Phi) is 5.30. The van der Waals surface area contributed by atoms with Gasteiger partial charge in [-0.3, -0.25) is 9.59 Å². The maximum Gasteiger partial charge on any atom is 0.326 e. The molecule has 0 aromatic heterocycles. The minimum atomic E-state index is -1.27. The molecule has 20 heavy (non-hydrogen) atoms. The summed E-state index contributed by atoms with van der Waals surface area (Å²) in [6, 6.07) is -2.63. The Bertz CT molecular complexity index is 425. The van der Waals surface area contributed by atoms with Crippen LogP contribution in [-0.4, -0.2) is 52.4 Å². The second kappa shape index (κ2) is 6.73. The van der Waals surface area contributed by atoms with Gasteiger partial charge in [0.15, 0.2) is 0 Å². The molecule has 6 N–H and O–H groups in total. The highest BCUT2D eigenvalue weighted by atomic mass is 16.4. The Labute approximate surface area is 115 Å². The lowest BCUT2D eigenvalue weighted by Gasteiger charge is -2.24. The molecule has 1 rings (SSSR count). The van der Waals surface area contributed by atoms with Gasteiger partial charge in [-0.05, 0) is 19.3 Å².